The second-order valence-electron chi connectivity index (χ2n) is 5.02. The number of carboxylic acid groups (broad SMARTS) is 1. The van der Waals surface area contributed by atoms with Crippen LogP contribution in [0.3, 0.4) is 0 Å². The van der Waals surface area contributed by atoms with Crippen molar-refractivity contribution in [1.29, 1.82) is 0 Å². The van der Waals surface area contributed by atoms with Crippen LogP contribution in [-0.4, -0.2) is 42.1 Å². The van der Waals surface area contributed by atoms with E-state index in [4.69, 9.17) is 5.11 Å². The molecule has 7 nitrogen and oxygen atoms in total. The summed E-state index contributed by atoms with van der Waals surface area (Å²) in [7, 11) is 0. The van der Waals surface area contributed by atoms with Gasteiger partial charge in [-0.3, -0.25) is 9.59 Å². The molecule has 7 heteroatoms. The van der Waals surface area contributed by atoms with Crippen molar-refractivity contribution in [2.24, 2.45) is 11.8 Å². The Balaban J connectivity index is 2.21. The standard InChI is InChI=1S/C12H21N3O4/c1-7-3-4-9(8(7)2)15-12(19)14-5-10(16)13-6-11(17)18/h7-9H,3-6H2,1-2H3,(H,13,16)(H,17,18)(H2,14,15,19). The van der Waals surface area contributed by atoms with Gasteiger partial charge in [0.25, 0.3) is 0 Å². The maximum atomic E-state index is 11.6. The van der Waals surface area contributed by atoms with Crippen LogP contribution in [0.1, 0.15) is 26.7 Å². The molecule has 0 aliphatic heterocycles. The third-order valence-corrected chi connectivity index (χ3v) is 3.63. The Labute approximate surface area is 112 Å². The first-order chi connectivity index (χ1) is 8.90. The van der Waals surface area contributed by atoms with Crippen molar-refractivity contribution >= 4 is 17.9 Å². The third-order valence-electron chi connectivity index (χ3n) is 3.63. The second-order valence-corrected chi connectivity index (χ2v) is 5.02. The van der Waals surface area contributed by atoms with Gasteiger partial charge in [0.15, 0.2) is 0 Å². The molecule has 0 bridgehead atoms. The van der Waals surface area contributed by atoms with Crippen LogP contribution < -0.4 is 16.0 Å². The van der Waals surface area contributed by atoms with Crippen molar-refractivity contribution in [3.63, 3.8) is 0 Å². The summed E-state index contributed by atoms with van der Waals surface area (Å²) in [4.78, 5) is 33.0. The van der Waals surface area contributed by atoms with Crippen molar-refractivity contribution in [2.45, 2.75) is 32.7 Å². The average Bonchev–Trinajstić information content (AvgIpc) is 2.66. The summed E-state index contributed by atoms with van der Waals surface area (Å²) >= 11 is 0. The van der Waals surface area contributed by atoms with E-state index in [1.165, 1.54) is 0 Å². The number of carboxylic acids is 1. The number of rotatable bonds is 5. The summed E-state index contributed by atoms with van der Waals surface area (Å²) in [6.07, 6.45) is 2.03. The predicted molar refractivity (Wildman–Crippen MR) is 68.5 cm³/mol. The lowest BCUT2D eigenvalue weighted by Crippen LogP contribution is -2.47. The molecule has 4 N–H and O–H groups in total. The lowest BCUT2D eigenvalue weighted by atomic mass is 9.98. The monoisotopic (exact) mass is 271 g/mol. The van der Waals surface area contributed by atoms with Crippen LogP contribution in [0, 0.1) is 11.8 Å². The molecule has 0 aromatic carbocycles. The van der Waals surface area contributed by atoms with E-state index >= 15 is 0 Å². The van der Waals surface area contributed by atoms with E-state index in [2.05, 4.69) is 29.8 Å². The van der Waals surface area contributed by atoms with Crippen molar-refractivity contribution in [1.82, 2.24) is 16.0 Å². The molecule has 0 heterocycles. The highest BCUT2D eigenvalue weighted by Crippen LogP contribution is 2.30. The number of amides is 3. The van der Waals surface area contributed by atoms with Gasteiger partial charge in [-0.15, -0.1) is 0 Å². The van der Waals surface area contributed by atoms with Crippen LogP contribution >= 0.6 is 0 Å². The molecule has 1 aliphatic carbocycles. The Kier molecular flexibility index (Phi) is 5.59. The van der Waals surface area contributed by atoms with Gasteiger partial charge in [-0.05, 0) is 24.7 Å². The fourth-order valence-electron chi connectivity index (χ4n) is 2.19. The molecule has 1 fully saturated rings. The fourth-order valence-corrected chi connectivity index (χ4v) is 2.19. The number of carbonyl (C=O) groups excluding carboxylic acids is 2. The van der Waals surface area contributed by atoms with Gasteiger partial charge in [0.1, 0.15) is 6.54 Å². The summed E-state index contributed by atoms with van der Waals surface area (Å²) < 4.78 is 0. The van der Waals surface area contributed by atoms with E-state index in [0.29, 0.717) is 11.8 Å². The van der Waals surface area contributed by atoms with Crippen LogP contribution in [0.15, 0.2) is 0 Å². The van der Waals surface area contributed by atoms with Crippen LogP contribution in [0.25, 0.3) is 0 Å². The molecule has 19 heavy (non-hydrogen) atoms. The molecule has 3 unspecified atom stereocenters. The molecule has 108 valence electrons. The van der Waals surface area contributed by atoms with Gasteiger partial charge in [0.05, 0.1) is 6.54 Å². The van der Waals surface area contributed by atoms with Gasteiger partial charge in [0, 0.05) is 6.04 Å². The molecular formula is C12H21N3O4. The minimum atomic E-state index is -1.12. The minimum Gasteiger partial charge on any atom is -0.480 e. The number of hydrogen-bond donors (Lipinski definition) is 4. The molecule has 3 amide bonds. The van der Waals surface area contributed by atoms with Crippen LogP contribution in [0.4, 0.5) is 4.79 Å². The lowest BCUT2D eigenvalue weighted by Gasteiger charge is -2.19. The van der Waals surface area contributed by atoms with Gasteiger partial charge in [-0.1, -0.05) is 13.8 Å². The maximum absolute atomic E-state index is 11.6. The highest BCUT2D eigenvalue weighted by Gasteiger charge is 2.30. The normalized spacial score (nSPS) is 25.7. The summed E-state index contributed by atoms with van der Waals surface area (Å²) in [5.74, 6) is -0.632. The van der Waals surface area contributed by atoms with E-state index < -0.39 is 24.5 Å². The Morgan fingerprint density at radius 1 is 1.11 bits per heavy atom. The lowest BCUT2D eigenvalue weighted by molar-refractivity contribution is -0.137. The van der Waals surface area contributed by atoms with E-state index in [9.17, 15) is 14.4 Å². The quantitative estimate of drug-likeness (QED) is 0.561. The molecule has 0 saturated heterocycles. The third kappa shape index (κ3) is 5.15. The Hall–Kier alpha value is -1.79. The van der Waals surface area contributed by atoms with Gasteiger partial charge in [0.2, 0.25) is 5.91 Å². The summed E-state index contributed by atoms with van der Waals surface area (Å²) in [6, 6.07) is -0.256. The molecular weight excluding hydrogens is 250 g/mol. The average molecular weight is 271 g/mol. The van der Waals surface area contributed by atoms with Gasteiger partial charge in [-0.2, -0.15) is 0 Å². The summed E-state index contributed by atoms with van der Waals surface area (Å²) in [5.41, 5.74) is 0. The summed E-state index contributed by atoms with van der Waals surface area (Å²) in [5, 5.41) is 15.8. The first-order valence-corrected chi connectivity index (χ1v) is 6.43. The Morgan fingerprint density at radius 2 is 1.79 bits per heavy atom. The van der Waals surface area contributed by atoms with Gasteiger partial charge < -0.3 is 21.1 Å². The zero-order valence-electron chi connectivity index (χ0n) is 11.2. The number of nitrogens with one attached hydrogen (secondary N) is 3. The molecule has 0 spiro atoms. The molecule has 1 saturated carbocycles. The number of hydrogen-bond acceptors (Lipinski definition) is 3. The van der Waals surface area contributed by atoms with Gasteiger partial charge in [-0.25, -0.2) is 4.79 Å². The highest BCUT2D eigenvalue weighted by molar-refractivity contribution is 5.86. The number of aliphatic carboxylic acids is 1. The fraction of sp³-hybridized carbons (Fsp3) is 0.750. The largest absolute Gasteiger partial charge is 0.480 e. The molecule has 0 aromatic heterocycles. The van der Waals surface area contributed by atoms with E-state index in [-0.39, 0.29) is 12.6 Å². The van der Waals surface area contributed by atoms with E-state index in [1.807, 2.05) is 0 Å². The molecule has 1 aliphatic rings. The Morgan fingerprint density at radius 3 is 2.32 bits per heavy atom. The van der Waals surface area contributed by atoms with Crippen LogP contribution in [0.2, 0.25) is 0 Å². The predicted octanol–water partition coefficient (Wildman–Crippen LogP) is -0.0790. The number of urea groups is 1. The minimum absolute atomic E-state index is 0.136. The van der Waals surface area contributed by atoms with E-state index in [1.54, 1.807) is 0 Å². The molecule has 1 rings (SSSR count). The maximum Gasteiger partial charge on any atom is 0.322 e. The van der Waals surface area contributed by atoms with Crippen molar-refractivity contribution in [2.75, 3.05) is 13.1 Å². The van der Waals surface area contributed by atoms with E-state index in [0.717, 1.165) is 12.8 Å². The smallest absolute Gasteiger partial charge is 0.322 e. The number of carbonyl (C=O) groups is 3. The van der Waals surface area contributed by atoms with Crippen LogP contribution in [-0.2, 0) is 9.59 Å². The Bertz CT molecular complexity index is 359. The SMILES string of the molecule is CC1CCC(NC(=O)NCC(=O)NCC(=O)O)C1C. The molecule has 0 aromatic rings. The molecule has 3 atom stereocenters. The zero-order valence-corrected chi connectivity index (χ0v) is 11.2. The first-order valence-electron chi connectivity index (χ1n) is 6.43. The first kappa shape index (κ1) is 15.3. The van der Waals surface area contributed by atoms with Crippen LogP contribution in [0.5, 0.6) is 0 Å². The molecule has 0 radical (unpaired) electrons. The topological polar surface area (TPSA) is 108 Å². The van der Waals surface area contributed by atoms with Crippen molar-refractivity contribution < 1.29 is 19.5 Å². The van der Waals surface area contributed by atoms with Crippen molar-refractivity contribution in [3.8, 4) is 0 Å². The highest BCUT2D eigenvalue weighted by atomic mass is 16.4. The zero-order chi connectivity index (χ0) is 14.4. The second kappa shape index (κ2) is 6.96. The van der Waals surface area contributed by atoms with Gasteiger partial charge >= 0.3 is 12.0 Å². The van der Waals surface area contributed by atoms with Crippen molar-refractivity contribution in [3.05, 3.63) is 0 Å². The summed E-state index contributed by atoms with van der Waals surface area (Å²) in [6.45, 7) is 3.58.